The van der Waals surface area contributed by atoms with E-state index < -0.39 is 20.0 Å². The predicted molar refractivity (Wildman–Crippen MR) is 198 cm³/mol. The average molecular weight is 684 g/mol. The maximum absolute atomic E-state index is 12.7. The van der Waals surface area contributed by atoms with Crippen LogP contribution in [-0.2, 0) is 18.4 Å². The lowest BCUT2D eigenvalue weighted by atomic mass is 10.1. The zero-order chi connectivity index (χ0) is 35.1. The number of likely N-dealkylation sites (N-methyl/N-ethyl adjacent to an activating group) is 1. The van der Waals surface area contributed by atoms with Crippen molar-refractivity contribution < 1.29 is 32.9 Å². The Morgan fingerprint density at radius 3 is 1.89 bits per heavy atom. The lowest BCUT2D eigenvalue weighted by Gasteiger charge is -2.25. The minimum Gasteiger partial charge on any atom is -0.387 e. The monoisotopic (exact) mass is 684 g/mol. The van der Waals surface area contributed by atoms with Crippen molar-refractivity contribution in [2.75, 3.05) is 40.9 Å². The molecule has 0 spiro atoms. The van der Waals surface area contributed by atoms with Crippen molar-refractivity contribution in [3.05, 3.63) is 48.6 Å². The number of carbonyl (C=O) groups excluding carboxylic acids is 1. The first-order chi connectivity index (χ1) is 22.5. The Balaban J connectivity index is 4.62. The molecule has 0 aliphatic heterocycles. The van der Waals surface area contributed by atoms with Crippen LogP contribution < -0.4 is 5.32 Å². The van der Waals surface area contributed by atoms with Crippen LogP contribution in [-0.4, -0.2) is 73.4 Å². The quantitative estimate of drug-likeness (QED) is 0.0215. The third kappa shape index (κ3) is 32.8. The van der Waals surface area contributed by atoms with Crippen molar-refractivity contribution in [1.82, 2.24) is 5.32 Å². The number of hydrogen-bond acceptors (Lipinski definition) is 5. The van der Waals surface area contributed by atoms with E-state index >= 15 is 0 Å². The van der Waals surface area contributed by atoms with E-state index in [9.17, 15) is 19.4 Å². The average Bonchev–Trinajstić information content (AvgIpc) is 3.01. The van der Waals surface area contributed by atoms with Crippen molar-refractivity contribution in [2.24, 2.45) is 0 Å². The Morgan fingerprint density at radius 2 is 1.28 bits per heavy atom. The Hall–Kier alpha value is -1.54. The van der Waals surface area contributed by atoms with E-state index in [1.807, 2.05) is 27.2 Å². The number of carbonyl (C=O) groups is 1. The zero-order valence-corrected chi connectivity index (χ0v) is 31.6. The van der Waals surface area contributed by atoms with E-state index in [2.05, 4.69) is 49.5 Å². The molecule has 0 heterocycles. The molecule has 0 saturated carbocycles. The van der Waals surface area contributed by atoms with Crippen molar-refractivity contribution in [3.63, 3.8) is 0 Å². The number of aliphatic hydroxyl groups excluding tert-OH is 1. The Labute approximate surface area is 289 Å². The number of nitrogens with zero attached hydrogens (tertiary/aromatic N) is 1. The van der Waals surface area contributed by atoms with Gasteiger partial charge in [-0.05, 0) is 51.4 Å². The van der Waals surface area contributed by atoms with Crippen LogP contribution >= 0.6 is 7.82 Å². The van der Waals surface area contributed by atoms with Gasteiger partial charge in [0.25, 0.3) is 0 Å². The molecule has 8 nitrogen and oxygen atoms in total. The lowest BCUT2D eigenvalue weighted by Crippen LogP contribution is -2.45. The lowest BCUT2D eigenvalue weighted by molar-refractivity contribution is -0.870. The summed E-state index contributed by atoms with van der Waals surface area (Å²) in [4.78, 5) is 22.9. The highest BCUT2D eigenvalue weighted by Crippen LogP contribution is 2.43. The summed E-state index contributed by atoms with van der Waals surface area (Å²) in [5, 5.41) is 13.6. The molecule has 0 radical (unpaired) electrons. The molecule has 274 valence electrons. The number of hydrogen-bond donors (Lipinski definition) is 3. The minimum absolute atomic E-state index is 0.0486. The molecule has 1 amide bonds. The number of nitrogens with one attached hydrogen (secondary N) is 1. The molecule has 0 fully saturated rings. The summed E-state index contributed by atoms with van der Waals surface area (Å²) in [5.74, 6) is -0.214. The number of aliphatic hydroxyl groups is 1. The molecule has 0 bridgehead atoms. The van der Waals surface area contributed by atoms with Gasteiger partial charge in [0.2, 0.25) is 5.91 Å². The maximum atomic E-state index is 12.7. The van der Waals surface area contributed by atoms with E-state index in [0.29, 0.717) is 17.4 Å². The molecule has 9 heteroatoms. The van der Waals surface area contributed by atoms with Crippen LogP contribution in [0.4, 0.5) is 0 Å². The molecule has 3 N–H and O–H groups in total. The van der Waals surface area contributed by atoms with Crippen LogP contribution in [0.5, 0.6) is 0 Å². The summed E-state index contributed by atoms with van der Waals surface area (Å²) >= 11 is 0. The molecular formula is C38H72N2O6P+. The first kappa shape index (κ1) is 45.5. The summed E-state index contributed by atoms with van der Waals surface area (Å²) < 4.78 is 23.3. The summed E-state index contributed by atoms with van der Waals surface area (Å²) in [6.45, 7) is 4.67. The molecule has 0 aromatic rings. The third-order valence-electron chi connectivity index (χ3n) is 7.83. The predicted octanol–water partition coefficient (Wildman–Crippen LogP) is 9.35. The molecule has 3 atom stereocenters. The van der Waals surface area contributed by atoms with Crippen molar-refractivity contribution >= 4 is 13.7 Å². The highest BCUT2D eigenvalue weighted by atomic mass is 31.2. The van der Waals surface area contributed by atoms with Crippen LogP contribution in [0.2, 0.25) is 0 Å². The van der Waals surface area contributed by atoms with Gasteiger partial charge in [-0.1, -0.05) is 127 Å². The molecule has 0 aliphatic rings. The standard InChI is InChI=1S/C38H71N2O6P/c1-6-8-10-12-14-16-18-19-20-21-22-24-26-28-30-32-38(42)39-36(35-46-47(43,44)45-34-33-40(3,4)5)37(41)31-29-27-25-23-17-15-13-11-9-7-2/h14,16,19-20,25,27,29,31,36-37,41H,6-13,15,17-18,21-24,26,28,30,32-35H2,1-5H3,(H-,39,42,43,44)/p+1/b16-14+,20-19+,27-25+,31-29+/t36-,37+/m0/s1. The van der Waals surface area contributed by atoms with Crippen LogP contribution in [0.3, 0.4) is 0 Å². The van der Waals surface area contributed by atoms with Crippen molar-refractivity contribution in [3.8, 4) is 0 Å². The van der Waals surface area contributed by atoms with E-state index in [0.717, 1.165) is 57.8 Å². The highest BCUT2D eigenvalue weighted by molar-refractivity contribution is 7.47. The van der Waals surface area contributed by atoms with Gasteiger partial charge >= 0.3 is 7.82 Å². The van der Waals surface area contributed by atoms with Gasteiger partial charge in [-0.15, -0.1) is 0 Å². The Kier molecular flexibility index (Phi) is 29.5. The van der Waals surface area contributed by atoms with Crippen molar-refractivity contribution in [2.45, 2.75) is 148 Å². The van der Waals surface area contributed by atoms with Gasteiger partial charge in [0.1, 0.15) is 13.2 Å². The third-order valence-corrected chi connectivity index (χ3v) is 8.81. The van der Waals surface area contributed by atoms with E-state index in [4.69, 9.17) is 9.05 Å². The van der Waals surface area contributed by atoms with Gasteiger partial charge in [0.15, 0.2) is 0 Å². The molecule has 0 rings (SSSR count). The minimum atomic E-state index is -4.34. The highest BCUT2D eigenvalue weighted by Gasteiger charge is 2.27. The summed E-state index contributed by atoms with van der Waals surface area (Å²) in [6, 6.07) is -0.883. The largest absolute Gasteiger partial charge is 0.472 e. The van der Waals surface area contributed by atoms with E-state index in [1.165, 1.54) is 57.8 Å². The number of amides is 1. The molecule has 47 heavy (non-hydrogen) atoms. The second-order valence-corrected chi connectivity index (χ2v) is 15.1. The second kappa shape index (κ2) is 30.5. The first-order valence-corrected chi connectivity index (χ1v) is 20.0. The first-order valence-electron chi connectivity index (χ1n) is 18.5. The SMILES string of the molecule is CCCCC/C=C/C/C=C/CCCCCCCC(=O)N[C@@H](COP(=O)(O)OCC[N+](C)(C)C)[C@H](O)/C=C/C=C/CCCCCCCC. The van der Waals surface area contributed by atoms with Gasteiger partial charge in [0.05, 0.1) is 39.9 Å². The summed E-state index contributed by atoms with van der Waals surface area (Å²) in [5.41, 5.74) is 0. The fraction of sp³-hybridized carbons (Fsp3) is 0.763. The summed E-state index contributed by atoms with van der Waals surface area (Å²) in [6.07, 6.45) is 36.1. The van der Waals surface area contributed by atoms with Crippen LogP contribution in [0.1, 0.15) is 136 Å². The molecule has 0 saturated heterocycles. The van der Waals surface area contributed by atoms with Crippen molar-refractivity contribution in [1.29, 1.82) is 0 Å². The van der Waals surface area contributed by atoms with Gasteiger partial charge in [-0.25, -0.2) is 4.57 Å². The maximum Gasteiger partial charge on any atom is 0.472 e. The molecule has 0 aromatic carbocycles. The Morgan fingerprint density at radius 1 is 0.745 bits per heavy atom. The van der Waals surface area contributed by atoms with Gasteiger partial charge in [-0.2, -0.15) is 0 Å². The molecular weight excluding hydrogens is 611 g/mol. The van der Waals surface area contributed by atoms with Crippen LogP contribution in [0, 0.1) is 0 Å². The van der Waals surface area contributed by atoms with Gasteiger partial charge in [0, 0.05) is 6.42 Å². The van der Waals surface area contributed by atoms with Crippen LogP contribution in [0.25, 0.3) is 0 Å². The number of allylic oxidation sites excluding steroid dienone is 7. The number of unbranched alkanes of at least 4 members (excludes halogenated alkanes) is 14. The van der Waals surface area contributed by atoms with Crippen LogP contribution in [0.15, 0.2) is 48.6 Å². The zero-order valence-electron chi connectivity index (χ0n) is 30.8. The number of phosphoric acid groups is 1. The Bertz CT molecular complexity index is 912. The smallest absolute Gasteiger partial charge is 0.387 e. The normalized spacial score (nSPS) is 15.3. The number of quaternary nitrogens is 1. The van der Waals surface area contributed by atoms with Gasteiger partial charge < -0.3 is 19.8 Å². The second-order valence-electron chi connectivity index (χ2n) is 13.6. The summed E-state index contributed by atoms with van der Waals surface area (Å²) in [7, 11) is 1.52. The molecule has 1 unspecified atom stereocenters. The number of phosphoric ester groups is 1. The van der Waals surface area contributed by atoms with E-state index in [-0.39, 0.29) is 19.1 Å². The topological polar surface area (TPSA) is 105 Å². The molecule has 0 aromatic heterocycles. The van der Waals surface area contributed by atoms with Gasteiger partial charge in [-0.3, -0.25) is 13.8 Å². The molecule has 0 aliphatic carbocycles. The van der Waals surface area contributed by atoms with E-state index in [1.54, 1.807) is 12.2 Å². The number of rotatable bonds is 32. The fourth-order valence-electron chi connectivity index (χ4n) is 4.77. The fourth-order valence-corrected chi connectivity index (χ4v) is 5.51.